The van der Waals surface area contributed by atoms with Crippen LogP contribution in [0, 0.1) is 6.92 Å². The van der Waals surface area contributed by atoms with Crippen molar-refractivity contribution in [3.8, 4) is 0 Å². The maximum atomic E-state index is 12.0. The van der Waals surface area contributed by atoms with Crippen LogP contribution < -0.4 is 11.1 Å². The molecule has 8 nitrogen and oxygen atoms in total. The van der Waals surface area contributed by atoms with Crippen molar-refractivity contribution in [1.29, 1.82) is 0 Å². The monoisotopic (exact) mass is 328 g/mol. The number of benzene rings is 1. The smallest absolute Gasteiger partial charge is 0.420 e. The fourth-order valence-electron chi connectivity index (χ4n) is 2.43. The van der Waals surface area contributed by atoms with E-state index in [2.05, 4.69) is 15.3 Å². The fraction of sp³-hybridized carbons (Fsp3) is 0.250. The van der Waals surface area contributed by atoms with Crippen LogP contribution in [0.1, 0.15) is 35.8 Å². The quantitative estimate of drug-likeness (QED) is 0.757. The predicted molar refractivity (Wildman–Crippen MR) is 87.9 cm³/mol. The van der Waals surface area contributed by atoms with Crippen molar-refractivity contribution >= 4 is 28.7 Å². The highest BCUT2D eigenvalue weighted by Gasteiger charge is 2.14. The summed E-state index contributed by atoms with van der Waals surface area (Å²) in [7, 11) is 0. The number of nitrogens with zero attached hydrogens (tertiary/aromatic N) is 3. The lowest BCUT2D eigenvalue weighted by molar-refractivity contribution is 0.0696. The number of aromatic carboxylic acids is 1. The van der Waals surface area contributed by atoms with E-state index < -0.39 is 11.7 Å². The molecular weight excluding hydrogens is 312 g/mol. The number of carboxylic acids is 1. The summed E-state index contributed by atoms with van der Waals surface area (Å²) in [5.41, 5.74) is 2.75. The van der Waals surface area contributed by atoms with E-state index in [9.17, 15) is 9.59 Å². The summed E-state index contributed by atoms with van der Waals surface area (Å²) in [6, 6.07) is 3.52. The molecule has 0 unspecified atom stereocenters. The fourth-order valence-corrected chi connectivity index (χ4v) is 2.43. The summed E-state index contributed by atoms with van der Waals surface area (Å²) in [6.45, 7) is 5.66. The molecule has 3 rings (SSSR count). The van der Waals surface area contributed by atoms with Gasteiger partial charge in [0.2, 0.25) is 5.95 Å². The number of hydrogen-bond acceptors (Lipinski definition) is 6. The van der Waals surface area contributed by atoms with E-state index in [0.717, 1.165) is 5.56 Å². The van der Waals surface area contributed by atoms with Crippen LogP contribution in [0.4, 0.5) is 11.6 Å². The van der Waals surface area contributed by atoms with Gasteiger partial charge in [-0.15, -0.1) is 0 Å². The largest absolute Gasteiger partial charge is 0.478 e. The number of nitrogens with one attached hydrogen (secondary N) is 1. The Morgan fingerprint density at radius 2 is 1.96 bits per heavy atom. The summed E-state index contributed by atoms with van der Waals surface area (Å²) in [5, 5.41) is 11.9. The van der Waals surface area contributed by atoms with E-state index in [4.69, 9.17) is 9.52 Å². The first-order valence-electron chi connectivity index (χ1n) is 7.35. The Kier molecular flexibility index (Phi) is 3.80. The van der Waals surface area contributed by atoms with E-state index in [-0.39, 0.29) is 17.6 Å². The highest BCUT2D eigenvalue weighted by atomic mass is 16.4. The van der Waals surface area contributed by atoms with Gasteiger partial charge < -0.3 is 14.8 Å². The van der Waals surface area contributed by atoms with E-state index in [1.165, 1.54) is 12.4 Å². The summed E-state index contributed by atoms with van der Waals surface area (Å²) in [4.78, 5) is 30.8. The van der Waals surface area contributed by atoms with Gasteiger partial charge in [-0.3, -0.25) is 4.57 Å². The molecule has 0 bridgehead atoms. The minimum atomic E-state index is -1.08. The Balaban J connectivity index is 2.02. The maximum absolute atomic E-state index is 12.0. The van der Waals surface area contributed by atoms with Gasteiger partial charge in [0.25, 0.3) is 0 Å². The molecule has 0 radical (unpaired) electrons. The molecule has 0 saturated heterocycles. The zero-order valence-corrected chi connectivity index (χ0v) is 13.4. The lowest BCUT2D eigenvalue weighted by Crippen LogP contribution is -2.16. The van der Waals surface area contributed by atoms with Crippen molar-refractivity contribution in [2.45, 2.75) is 26.8 Å². The topological polar surface area (TPSA) is 110 Å². The van der Waals surface area contributed by atoms with Crippen molar-refractivity contribution < 1.29 is 14.3 Å². The van der Waals surface area contributed by atoms with Crippen LogP contribution in [0.3, 0.4) is 0 Å². The SMILES string of the molecule is Cc1cc2oc(=O)n(C(C)C)c2cc1Nc1ncc(C(=O)O)cn1. The summed E-state index contributed by atoms with van der Waals surface area (Å²) in [6.07, 6.45) is 2.46. The average Bonchev–Trinajstić information content (AvgIpc) is 2.83. The molecule has 0 spiro atoms. The number of aromatic nitrogens is 3. The molecule has 1 aromatic carbocycles. The van der Waals surface area contributed by atoms with Crippen molar-refractivity contribution in [2.75, 3.05) is 5.32 Å². The molecule has 24 heavy (non-hydrogen) atoms. The van der Waals surface area contributed by atoms with Crippen LogP contribution in [0.2, 0.25) is 0 Å². The Morgan fingerprint density at radius 1 is 1.29 bits per heavy atom. The lowest BCUT2D eigenvalue weighted by Gasteiger charge is -2.10. The van der Waals surface area contributed by atoms with Gasteiger partial charge in [-0.05, 0) is 38.5 Å². The van der Waals surface area contributed by atoms with Gasteiger partial charge >= 0.3 is 11.7 Å². The van der Waals surface area contributed by atoms with Gasteiger partial charge in [-0.2, -0.15) is 0 Å². The number of rotatable bonds is 4. The van der Waals surface area contributed by atoms with Gasteiger partial charge in [0, 0.05) is 24.1 Å². The average molecular weight is 328 g/mol. The molecule has 0 aliphatic rings. The molecule has 2 aromatic heterocycles. The molecule has 0 fully saturated rings. The van der Waals surface area contributed by atoms with Crippen molar-refractivity contribution in [3.63, 3.8) is 0 Å². The molecule has 3 aromatic rings. The van der Waals surface area contributed by atoms with Crippen molar-refractivity contribution in [2.24, 2.45) is 0 Å². The normalized spacial score (nSPS) is 11.2. The van der Waals surface area contributed by atoms with Gasteiger partial charge in [-0.1, -0.05) is 0 Å². The van der Waals surface area contributed by atoms with Crippen molar-refractivity contribution in [1.82, 2.24) is 14.5 Å². The molecule has 2 heterocycles. The van der Waals surface area contributed by atoms with E-state index in [0.29, 0.717) is 16.8 Å². The second-order valence-electron chi connectivity index (χ2n) is 5.69. The first-order chi connectivity index (χ1) is 11.4. The van der Waals surface area contributed by atoms with Crippen LogP contribution in [0.15, 0.2) is 33.7 Å². The van der Waals surface area contributed by atoms with E-state index in [1.807, 2.05) is 20.8 Å². The highest BCUT2D eigenvalue weighted by molar-refractivity contribution is 5.87. The molecule has 8 heteroatoms. The number of aryl methyl sites for hydroxylation is 1. The summed E-state index contributed by atoms with van der Waals surface area (Å²) >= 11 is 0. The Hall–Kier alpha value is -3.16. The molecule has 2 N–H and O–H groups in total. The summed E-state index contributed by atoms with van der Waals surface area (Å²) < 4.78 is 6.84. The zero-order valence-electron chi connectivity index (χ0n) is 13.4. The Bertz CT molecular complexity index is 970. The molecular formula is C16H16N4O4. The molecule has 0 atom stereocenters. The Labute approximate surface area is 136 Å². The van der Waals surface area contributed by atoms with Gasteiger partial charge in [0.05, 0.1) is 11.1 Å². The Morgan fingerprint density at radius 3 is 2.54 bits per heavy atom. The third-order valence-electron chi connectivity index (χ3n) is 3.62. The number of carbonyl (C=O) groups is 1. The molecule has 0 amide bonds. The van der Waals surface area contributed by atoms with Gasteiger partial charge in [0.1, 0.15) is 0 Å². The number of oxazole rings is 1. The highest BCUT2D eigenvalue weighted by Crippen LogP contribution is 2.26. The number of fused-ring (bicyclic) bond motifs is 1. The van der Waals surface area contributed by atoms with Crippen LogP contribution >= 0.6 is 0 Å². The molecule has 0 aliphatic carbocycles. The zero-order chi connectivity index (χ0) is 17.4. The van der Waals surface area contributed by atoms with Crippen molar-refractivity contribution in [3.05, 3.63) is 46.2 Å². The van der Waals surface area contributed by atoms with Crippen LogP contribution in [-0.4, -0.2) is 25.6 Å². The number of carboxylic acid groups (broad SMARTS) is 1. The number of anilines is 2. The molecule has 124 valence electrons. The molecule has 0 aliphatic heterocycles. The third kappa shape index (κ3) is 2.73. The van der Waals surface area contributed by atoms with Crippen LogP contribution in [0.5, 0.6) is 0 Å². The van der Waals surface area contributed by atoms with Crippen LogP contribution in [0.25, 0.3) is 11.1 Å². The van der Waals surface area contributed by atoms with E-state index in [1.54, 1.807) is 16.7 Å². The predicted octanol–water partition coefficient (Wildman–Crippen LogP) is 2.72. The maximum Gasteiger partial charge on any atom is 0.420 e. The number of hydrogen-bond donors (Lipinski definition) is 2. The third-order valence-corrected chi connectivity index (χ3v) is 3.62. The van der Waals surface area contributed by atoms with E-state index >= 15 is 0 Å². The molecule has 0 saturated carbocycles. The lowest BCUT2D eigenvalue weighted by atomic mass is 10.1. The summed E-state index contributed by atoms with van der Waals surface area (Å²) in [5.74, 6) is -1.22. The van der Waals surface area contributed by atoms with Gasteiger partial charge in [-0.25, -0.2) is 19.6 Å². The van der Waals surface area contributed by atoms with Gasteiger partial charge in [0.15, 0.2) is 5.58 Å². The minimum Gasteiger partial charge on any atom is -0.478 e. The second-order valence-corrected chi connectivity index (χ2v) is 5.69. The minimum absolute atomic E-state index is 0.0104. The first-order valence-corrected chi connectivity index (χ1v) is 7.35. The van der Waals surface area contributed by atoms with Crippen LogP contribution in [-0.2, 0) is 0 Å². The standard InChI is InChI=1S/C16H16N4O4/c1-8(2)20-12-5-11(9(3)4-13(12)24-16(20)23)19-15-17-6-10(7-18-15)14(21)22/h4-8H,1-3H3,(H,21,22)(H,17,18,19). The second kappa shape index (κ2) is 5.80. The first kappa shape index (κ1) is 15.7.